The van der Waals surface area contributed by atoms with E-state index in [2.05, 4.69) is 9.80 Å². The fourth-order valence-corrected chi connectivity index (χ4v) is 3.40. The Morgan fingerprint density at radius 3 is 2.45 bits per heavy atom. The molecule has 1 saturated carbocycles. The molecule has 20 heavy (non-hydrogen) atoms. The van der Waals surface area contributed by atoms with E-state index in [1.165, 1.54) is 25.7 Å². The summed E-state index contributed by atoms with van der Waals surface area (Å²) in [4.78, 5) is 16.0. The Morgan fingerprint density at radius 2 is 1.90 bits per heavy atom. The first-order valence-electron chi connectivity index (χ1n) is 8.01. The molecule has 116 valence electrons. The van der Waals surface area contributed by atoms with E-state index in [0.717, 1.165) is 38.8 Å². The van der Waals surface area contributed by atoms with Crippen molar-refractivity contribution in [1.82, 2.24) is 9.80 Å². The highest BCUT2D eigenvalue weighted by Crippen LogP contribution is 2.24. The number of hydrogen-bond donors (Lipinski definition) is 1. The molecule has 1 aliphatic carbocycles. The third-order valence-corrected chi connectivity index (χ3v) is 4.60. The van der Waals surface area contributed by atoms with E-state index in [0.29, 0.717) is 13.0 Å². The highest BCUT2D eigenvalue weighted by Gasteiger charge is 2.26. The predicted octanol–water partition coefficient (Wildman–Crippen LogP) is 1.43. The summed E-state index contributed by atoms with van der Waals surface area (Å²) in [7, 11) is 0. The number of carbonyl (C=O) groups is 1. The van der Waals surface area contributed by atoms with E-state index < -0.39 is 12.1 Å². The van der Waals surface area contributed by atoms with Crippen LogP contribution in [0.15, 0.2) is 0 Å². The summed E-state index contributed by atoms with van der Waals surface area (Å²) in [6, 6.07) is 0.812. The number of nitrogens with zero attached hydrogens (tertiary/aromatic N) is 2. The van der Waals surface area contributed by atoms with Crippen LogP contribution in [0.25, 0.3) is 0 Å². The van der Waals surface area contributed by atoms with Gasteiger partial charge in [-0.1, -0.05) is 12.8 Å². The van der Waals surface area contributed by atoms with E-state index >= 15 is 0 Å². The highest BCUT2D eigenvalue weighted by molar-refractivity contribution is 5.72. The second kappa shape index (κ2) is 7.96. The quantitative estimate of drug-likeness (QED) is 0.766. The van der Waals surface area contributed by atoms with E-state index in [1.54, 1.807) is 0 Å². The summed E-state index contributed by atoms with van der Waals surface area (Å²) in [6.45, 7) is 7.54. The lowest BCUT2D eigenvalue weighted by molar-refractivity contribution is -0.150. The monoisotopic (exact) mass is 284 g/mol. The van der Waals surface area contributed by atoms with Crippen LogP contribution >= 0.6 is 0 Å². The molecular formula is C15H28N2O3. The first-order chi connectivity index (χ1) is 9.70. The molecule has 0 spiro atoms. The Kier molecular flexibility index (Phi) is 6.26. The molecule has 0 aromatic carbocycles. The smallest absolute Gasteiger partial charge is 0.332 e. The van der Waals surface area contributed by atoms with Crippen LogP contribution in [-0.4, -0.2) is 72.4 Å². The van der Waals surface area contributed by atoms with Gasteiger partial charge >= 0.3 is 5.97 Å². The molecule has 1 N–H and O–H groups in total. The van der Waals surface area contributed by atoms with Crippen LogP contribution in [0.4, 0.5) is 0 Å². The minimum Gasteiger partial charge on any atom is -0.479 e. The van der Waals surface area contributed by atoms with Gasteiger partial charge in [-0.3, -0.25) is 4.90 Å². The number of carboxylic acid groups (broad SMARTS) is 1. The first-order valence-corrected chi connectivity index (χ1v) is 8.01. The zero-order valence-corrected chi connectivity index (χ0v) is 12.6. The molecule has 1 unspecified atom stereocenters. The minimum atomic E-state index is -0.837. The topological polar surface area (TPSA) is 53.0 Å². The first kappa shape index (κ1) is 15.7. The Hall–Kier alpha value is -0.650. The van der Waals surface area contributed by atoms with Gasteiger partial charge < -0.3 is 14.7 Å². The summed E-state index contributed by atoms with van der Waals surface area (Å²) >= 11 is 0. The lowest BCUT2D eigenvalue weighted by Gasteiger charge is -2.38. The van der Waals surface area contributed by atoms with Crippen molar-refractivity contribution >= 4 is 5.97 Å². The number of ether oxygens (including phenoxy) is 1. The Labute approximate surface area is 121 Å². The van der Waals surface area contributed by atoms with Gasteiger partial charge in [-0.25, -0.2) is 4.79 Å². The summed E-state index contributed by atoms with van der Waals surface area (Å²) in [6.07, 6.45) is 5.45. The van der Waals surface area contributed by atoms with Crippen LogP contribution in [0.2, 0.25) is 0 Å². The lowest BCUT2D eigenvalue weighted by Crippen LogP contribution is -2.50. The molecule has 5 nitrogen and oxygen atoms in total. The molecule has 0 bridgehead atoms. The predicted molar refractivity (Wildman–Crippen MR) is 77.9 cm³/mol. The summed E-state index contributed by atoms with van der Waals surface area (Å²) in [5.41, 5.74) is 0. The summed E-state index contributed by atoms with van der Waals surface area (Å²) in [5, 5.41) is 9.07. The molecule has 2 aliphatic rings. The van der Waals surface area contributed by atoms with Gasteiger partial charge in [-0.05, 0) is 26.2 Å². The normalized spacial score (nSPS) is 24.1. The van der Waals surface area contributed by atoms with Crippen LogP contribution in [0.3, 0.4) is 0 Å². The second-order valence-electron chi connectivity index (χ2n) is 5.89. The Bertz CT molecular complexity index is 297. The third-order valence-electron chi connectivity index (χ3n) is 4.60. The van der Waals surface area contributed by atoms with Crippen molar-refractivity contribution < 1.29 is 14.6 Å². The van der Waals surface area contributed by atoms with Crippen molar-refractivity contribution in [2.75, 3.05) is 39.3 Å². The fraction of sp³-hybridized carbons (Fsp3) is 0.933. The summed E-state index contributed by atoms with van der Waals surface area (Å²) < 4.78 is 5.26. The Morgan fingerprint density at radius 1 is 1.25 bits per heavy atom. The highest BCUT2D eigenvalue weighted by atomic mass is 16.5. The number of aliphatic carboxylic acids is 1. The van der Waals surface area contributed by atoms with Gasteiger partial charge in [0.25, 0.3) is 0 Å². The molecule has 1 atom stereocenters. The number of carboxylic acids is 1. The molecule has 1 heterocycles. The van der Waals surface area contributed by atoms with Crippen molar-refractivity contribution in [1.29, 1.82) is 0 Å². The molecule has 2 fully saturated rings. The standard InChI is InChI=1S/C15H28N2O3/c1-2-20-14(15(18)19)7-8-16-9-11-17(12-10-16)13-5-3-4-6-13/h13-14H,2-12H2,1H3,(H,18,19). The van der Waals surface area contributed by atoms with Gasteiger partial charge in [0.2, 0.25) is 0 Å². The fourth-order valence-electron chi connectivity index (χ4n) is 3.40. The molecular weight excluding hydrogens is 256 g/mol. The zero-order valence-electron chi connectivity index (χ0n) is 12.6. The van der Waals surface area contributed by atoms with E-state index in [1.807, 2.05) is 6.92 Å². The third kappa shape index (κ3) is 4.43. The molecule has 1 aliphatic heterocycles. The molecule has 0 radical (unpaired) electrons. The van der Waals surface area contributed by atoms with E-state index in [4.69, 9.17) is 9.84 Å². The molecule has 5 heteroatoms. The summed E-state index contributed by atoms with van der Waals surface area (Å²) in [5.74, 6) is -0.837. The van der Waals surface area contributed by atoms with Gasteiger partial charge in [-0.15, -0.1) is 0 Å². The minimum absolute atomic E-state index is 0.465. The van der Waals surface area contributed by atoms with Crippen LogP contribution in [0.5, 0.6) is 0 Å². The van der Waals surface area contributed by atoms with Gasteiger partial charge in [0, 0.05) is 45.4 Å². The number of hydrogen-bond acceptors (Lipinski definition) is 4. The van der Waals surface area contributed by atoms with Gasteiger partial charge in [-0.2, -0.15) is 0 Å². The van der Waals surface area contributed by atoms with Gasteiger partial charge in [0.15, 0.2) is 6.10 Å². The van der Waals surface area contributed by atoms with Crippen LogP contribution in [0, 0.1) is 0 Å². The maximum atomic E-state index is 11.0. The van der Waals surface area contributed by atoms with Crippen molar-refractivity contribution in [2.45, 2.75) is 51.2 Å². The molecule has 1 saturated heterocycles. The maximum Gasteiger partial charge on any atom is 0.332 e. The lowest BCUT2D eigenvalue weighted by atomic mass is 10.1. The largest absolute Gasteiger partial charge is 0.479 e. The van der Waals surface area contributed by atoms with Gasteiger partial charge in [0.05, 0.1) is 0 Å². The van der Waals surface area contributed by atoms with Crippen molar-refractivity contribution in [3.8, 4) is 0 Å². The molecule has 0 aromatic heterocycles. The maximum absolute atomic E-state index is 11.0. The van der Waals surface area contributed by atoms with Crippen LogP contribution < -0.4 is 0 Å². The Balaban J connectivity index is 1.67. The van der Waals surface area contributed by atoms with Crippen molar-refractivity contribution in [2.24, 2.45) is 0 Å². The van der Waals surface area contributed by atoms with Crippen LogP contribution in [-0.2, 0) is 9.53 Å². The van der Waals surface area contributed by atoms with Gasteiger partial charge in [0.1, 0.15) is 0 Å². The number of rotatable bonds is 7. The zero-order chi connectivity index (χ0) is 14.4. The van der Waals surface area contributed by atoms with E-state index in [9.17, 15) is 4.79 Å². The SMILES string of the molecule is CCOC(CCN1CCN(C2CCCC2)CC1)C(=O)O. The van der Waals surface area contributed by atoms with Crippen molar-refractivity contribution in [3.05, 3.63) is 0 Å². The van der Waals surface area contributed by atoms with Crippen LogP contribution in [0.1, 0.15) is 39.0 Å². The number of piperazine rings is 1. The molecule has 0 amide bonds. The average molecular weight is 284 g/mol. The molecule has 0 aromatic rings. The second-order valence-corrected chi connectivity index (χ2v) is 5.89. The van der Waals surface area contributed by atoms with E-state index in [-0.39, 0.29) is 0 Å². The van der Waals surface area contributed by atoms with Crippen molar-refractivity contribution in [3.63, 3.8) is 0 Å². The average Bonchev–Trinajstić information content (AvgIpc) is 2.98. The molecule has 2 rings (SSSR count).